The maximum absolute atomic E-state index is 12.8. The topological polar surface area (TPSA) is 147 Å². The molecule has 1 saturated heterocycles. The van der Waals surface area contributed by atoms with E-state index in [2.05, 4.69) is 49.8 Å². The summed E-state index contributed by atoms with van der Waals surface area (Å²) in [5.41, 5.74) is 2.06. The first-order chi connectivity index (χ1) is 22.3. The van der Waals surface area contributed by atoms with E-state index in [-0.39, 0.29) is 18.4 Å². The van der Waals surface area contributed by atoms with Crippen molar-refractivity contribution in [1.82, 2.24) is 34.9 Å². The number of carbonyl (C=O) groups excluding carboxylic acids is 3. The summed E-state index contributed by atoms with van der Waals surface area (Å²) < 4.78 is 6.28. The first kappa shape index (κ1) is 33.9. The second kappa shape index (κ2) is 16.9. The van der Waals surface area contributed by atoms with Crippen LogP contribution in [0.1, 0.15) is 51.5 Å². The molecule has 3 N–H and O–H groups in total. The largest absolute Gasteiger partial charge is 0.448 e. The molecule has 1 atom stereocenters. The van der Waals surface area contributed by atoms with Crippen molar-refractivity contribution in [2.45, 2.75) is 52.0 Å². The number of anilines is 3. The van der Waals surface area contributed by atoms with Gasteiger partial charge in [0.05, 0.1) is 30.1 Å². The number of likely N-dealkylation sites (N-methyl/N-ethyl adjacent to an activating group) is 1. The summed E-state index contributed by atoms with van der Waals surface area (Å²) in [6.45, 7) is 6.56. The van der Waals surface area contributed by atoms with Gasteiger partial charge in [-0.3, -0.25) is 9.59 Å². The van der Waals surface area contributed by atoms with Gasteiger partial charge >= 0.3 is 6.09 Å². The van der Waals surface area contributed by atoms with Crippen LogP contribution in [0.15, 0.2) is 42.7 Å². The van der Waals surface area contributed by atoms with Crippen molar-refractivity contribution in [1.29, 1.82) is 0 Å². The Labute approximate surface area is 269 Å². The second-order valence-electron chi connectivity index (χ2n) is 11.1. The normalized spacial score (nSPS) is 14.4. The third kappa shape index (κ3) is 9.28. The molecule has 0 bridgehead atoms. The number of rotatable bonds is 13. The van der Waals surface area contributed by atoms with Crippen LogP contribution in [0.4, 0.5) is 22.2 Å². The molecule has 0 radical (unpaired) electrons. The molecule has 1 fully saturated rings. The molecular formula is C33H43N9O4. The van der Waals surface area contributed by atoms with Crippen molar-refractivity contribution in [2.75, 3.05) is 57.5 Å². The Morgan fingerprint density at radius 2 is 2.02 bits per heavy atom. The summed E-state index contributed by atoms with van der Waals surface area (Å²) in [6, 6.07) is 5.04. The average Bonchev–Trinajstić information content (AvgIpc) is 3.70. The molecule has 0 saturated carbocycles. The van der Waals surface area contributed by atoms with Crippen LogP contribution >= 0.6 is 0 Å². The molecule has 2 amide bonds. The van der Waals surface area contributed by atoms with Crippen LogP contribution in [0, 0.1) is 11.8 Å². The monoisotopic (exact) mass is 629 g/mol. The first-order valence-electron chi connectivity index (χ1n) is 15.7. The van der Waals surface area contributed by atoms with E-state index in [0.717, 1.165) is 30.5 Å². The Hall–Kier alpha value is -4.96. The zero-order valence-electron chi connectivity index (χ0n) is 27.0. The lowest BCUT2D eigenvalue weighted by Crippen LogP contribution is -2.45. The van der Waals surface area contributed by atoms with Gasteiger partial charge in [-0.15, -0.1) is 0 Å². The van der Waals surface area contributed by atoms with Crippen LogP contribution in [0.3, 0.4) is 0 Å². The van der Waals surface area contributed by atoms with Crippen LogP contribution < -0.4 is 16.0 Å². The number of hydrogen-bond donors (Lipinski definition) is 3. The molecule has 2 aromatic heterocycles. The third-order valence-electron chi connectivity index (χ3n) is 7.17. The minimum Gasteiger partial charge on any atom is -0.448 e. The van der Waals surface area contributed by atoms with E-state index in [1.54, 1.807) is 36.4 Å². The summed E-state index contributed by atoms with van der Waals surface area (Å²) in [5, 5.41) is 14.4. The molecular weight excluding hydrogens is 586 g/mol. The molecule has 0 aliphatic carbocycles. The number of hydrogen-bond acceptors (Lipinski definition) is 10. The van der Waals surface area contributed by atoms with Crippen LogP contribution in [0.2, 0.25) is 0 Å². The molecule has 1 aliphatic rings. The number of amides is 2. The van der Waals surface area contributed by atoms with E-state index in [1.165, 1.54) is 4.68 Å². The van der Waals surface area contributed by atoms with Gasteiger partial charge in [0, 0.05) is 49.7 Å². The Kier molecular flexibility index (Phi) is 12.5. The molecule has 4 rings (SSSR count). The smallest absolute Gasteiger partial charge is 0.435 e. The van der Waals surface area contributed by atoms with Gasteiger partial charge in [-0.05, 0) is 64.9 Å². The van der Waals surface area contributed by atoms with Crippen molar-refractivity contribution in [3.8, 4) is 11.8 Å². The minimum absolute atomic E-state index is 0.116. The Balaban J connectivity index is 1.31. The minimum atomic E-state index is -0.525. The van der Waals surface area contributed by atoms with E-state index in [4.69, 9.17) is 4.74 Å². The van der Waals surface area contributed by atoms with Gasteiger partial charge < -0.3 is 30.5 Å². The zero-order valence-corrected chi connectivity index (χ0v) is 27.0. The number of aromatic nitrogens is 4. The summed E-state index contributed by atoms with van der Waals surface area (Å²) in [7, 11) is 3.88. The summed E-state index contributed by atoms with van der Waals surface area (Å²) >= 11 is 0. The van der Waals surface area contributed by atoms with Gasteiger partial charge in [-0.2, -0.15) is 14.8 Å². The lowest BCUT2D eigenvalue weighted by molar-refractivity contribution is -0.135. The molecule has 46 heavy (non-hydrogen) atoms. The standard InChI is InChI=1S/C33H43N9O4/c1-5-17-34-30-24(12-8-7-9-18-35-31(44)28-13-10-20-41(28)29(43)14-11-19-40(3)4)22-36-32(39-30)38-26-15-16-27-25(21-26)23-37-42(27)33(45)46-6-2/h11,14-16,21-23,28H,5-7,9-10,13,17-20H2,1-4H3,(H,35,44)(H2,34,36,38,39)/b14-11+/t28-/m0/s1. The second-order valence-corrected chi connectivity index (χ2v) is 11.1. The predicted octanol–water partition coefficient (Wildman–Crippen LogP) is 3.75. The van der Waals surface area contributed by atoms with Gasteiger partial charge in [-0.25, -0.2) is 9.78 Å². The number of fused-ring (bicyclic) bond motifs is 1. The fraction of sp³-hybridized carbons (Fsp3) is 0.455. The number of nitrogens with zero attached hydrogens (tertiary/aromatic N) is 6. The van der Waals surface area contributed by atoms with Crippen molar-refractivity contribution >= 4 is 46.3 Å². The molecule has 3 aromatic rings. The van der Waals surface area contributed by atoms with Gasteiger partial charge in [0.25, 0.3) is 0 Å². The average molecular weight is 630 g/mol. The maximum Gasteiger partial charge on any atom is 0.435 e. The van der Waals surface area contributed by atoms with Gasteiger partial charge in [0.2, 0.25) is 17.8 Å². The molecule has 1 aliphatic heterocycles. The Morgan fingerprint density at radius 3 is 2.80 bits per heavy atom. The molecule has 1 aromatic carbocycles. The van der Waals surface area contributed by atoms with Crippen LogP contribution in [0.25, 0.3) is 10.9 Å². The highest BCUT2D eigenvalue weighted by molar-refractivity contribution is 5.93. The van der Waals surface area contributed by atoms with Crippen molar-refractivity contribution in [2.24, 2.45) is 0 Å². The SMILES string of the molecule is CCCNc1nc(Nc2ccc3c(cnn3C(=O)OCC)c2)ncc1C#CCCCNC(=O)[C@@H]1CCCN1C(=O)/C=C/CN(C)C. The first-order valence-corrected chi connectivity index (χ1v) is 15.7. The summed E-state index contributed by atoms with van der Waals surface area (Å²) in [5.74, 6) is 7.11. The number of carbonyl (C=O) groups is 3. The van der Waals surface area contributed by atoms with E-state index >= 15 is 0 Å². The molecule has 13 nitrogen and oxygen atoms in total. The van der Waals surface area contributed by atoms with Crippen LogP contribution in [-0.2, 0) is 14.3 Å². The van der Waals surface area contributed by atoms with Crippen molar-refractivity contribution in [3.63, 3.8) is 0 Å². The lowest BCUT2D eigenvalue weighted by Gasteiger charge is -2.22. The molecule has 3 heterocycles. The number of unbranched alkanes of at least 4 members (excludes halogenated alkanes) is 1. The predicted molar refractivity (Wildman–Crippen MR) is 178 cm³/mol. The van der Waals surface area contributed by atoms with E-state index < -0.39 is 12.1 Å². The van der Waals surface area contributed by atoms with Gasteiger partial charge in [-0.1, -0.05) is 24.8 Å². The van der Waals surface area contributed by atoms with Crippen molar-refractivity contribution < 1.29 is 19.1 Å². The molecule has 0 unspecified atom stereocenters. The lowest BCUT2D eigenvalue weighted by atomic mass is 10.2. The summed E-state index contributed by atoms with van der Waals surface area (Å²) in [6.07, 6.45) is 9.79. The Morgan fingerprint density at radius 1 is 1.17 bits per heavy atom. The number of benzene rings is 1. The number of nitrogens with one attached hydrogen (secondary N) is 3. The Bertz CT molecular complexity index is 1610. The summed E-state index contributed by atoms with van der Waals surface area (Å²) in [4.78, 5) is 50.2. The number of likely N-dealkylation sites (tertiary alicyclic amines) is 1. The van der Waals surface area contributed by atoms with Gasteiger partial charge in [0.1, 0.15) is 11.9 Å². The highest BCUT2D eigenvalue weighted by Gasteiger charge is 2.32. The maximum atomic E-state index is 12.8. The van der Waals surface area contributed by atoms with Crippen LogP contribution in [0.5, 0.6) is 0 Å². The number of ether oxygens (including phenoxy) is 1. The third-order valence-corrected chi connectivity index (χ3v) is 7.17. The quantitative estimate of drug-likeness (QED) is 0.145. The fourth-order valence-electron chi connectivity index (χ4n) is 4.91. The van der Waals surface area contributed by atoms with Crippen LogP contribution in [-0.4, -0.2) is 100 Å². The zero-order chi connectivity index (χ0) is 32.9. The van der Waals surface area contributed by atoms with Crippen molar-refractivity contribution in [3.05, 3.63) is 48.3 Å². The highest BCUT2D eigenvalue weighted by Crippen LogP contribution is 2.23. The van der Waals surface area contributed by atoms with Gasteiger partial charge in [0.15, 0.2) is 0 Å². The molecule has 244 valence electrons. The van der Waals surface area contributed by atoms with E-state index in [0.29, 0.717) is 61.7 Å². The molecule has 13 heteroatoms. The molecule has 0 spiro atoms. The highest BCUT2D eigenvalue weighted by atomic mass is 16.5. The fourth-order valence-corrected chi connectivity index (χ4v) is 4.91. The van der Waals surface area contributed by atoms with E-state index in [1.807, 2.05) is 37.2 Å². The van der Waals surface area contributed by atoms with E-state index in [9.17, 15) is 14.4 Å².